The summed E-state index contributed by atoms with van der Waals surface area (Å²) in [5.41, 5.74) is 2.14. The second-order valence-corrected chi connectivity index (χ2v) is 6.75. The van der Waals surface area contributed by atoms with E-state index in [0.717, 1.165) is 29.8 Å². The molecule has 140 valence electrons. The van der Waals surface area contributed by atoms with Gasteiger partial charge in [-0.25, -0.2) is 4.79 Å². The van der Waals surface area contributed by atoms with Crippen molar-refractivity contribution >= 4 is 23.7 Å². The van der Waals surface area contributed by atoms with E-state index >= 15 is 0 Å². The van der Waals surface area contributed by atoms with E-state index in [9.17, 15) is 9.59 Å². The lowest BCUT2D eigenvalue weighted by atomic mass is 10.1. The van der Waals surface area contributed by atoms with Crippen LogP contribution >= 0.6 is 11.8 Å². The monoisotopic (exact) mass is 375 g/mol. The number of urea groups is 1. The van der Waals surface area contributed by atoms with Crippen LogP contribution < -0.4 is 10.6 Å². The average Bonchev–Trinajstić information content (AvgIpc) is 3.03. The molecule has 1 aromatic heterocycles. The van der Waals surface area contributed by atoms with Gasteiger partial charge in [0, 0.05) is 18.7 Å². The maximum Gasteiger partial charge on any atom is 0.321 e. The summed E-state index contributed by atoms with van der Waals surface area (Å²) in [6.45, 7) is 7.33. The highest BCUT2D eigenvalue weighted by molar-refractivity contribution is 7.99. The molecule has 0 saturated heterocycles. The Kier molecular flexibility index (Phi) is 7.65. The van der Waals surface area contributed by atoms with Crippen LogP contribution in [0.2, 0.25) is 0 Å². The van der Waals surface area contributed by atoms with Crippen molar-refractivity contribution < 1.29 is 9.59 Å². The molecular weight excluding hydrogens is 350 g/mol. The molecule has 0 unspecified atom stereocenters. The Bertz CT molecular complexity index is 760. The number of nitrogens with zero attached hydrogens (tertiary/aromatic N) is 3. The Balaban J connectivity index is 1.97. The van der Waals surface area contributed by atoms with Crippen molar-refractivity contribution in [3.63, 3.8) is 0 Å². The second-order valence-electron chi connectivity index (χ2n) is 5.81. The van der Waals surface area contributed by atoms with E-state index in [0.29, 0.717) is 18.2 Å². The molecule has 0 aliphatic heterocycles. The maximum absolute atomic E-state index is 11.9. The summed E-state index contributed by atoms with van der Waals surface area (Å²) in [4.78, 5) is 23.5. The zero-order valence-electron chi connectivity index (χ0n) is 15.4. The van der Waals surface area contributed by atoms with Gasteiger partial charge in [-0.2, -0.15) is 0 Å². The Hall–Kier alpha value is -2.35. The van der Waals surface area contributed by atoms with Crippen molar-refractivity contribution in [1.82, 2.24) is 25.4 Å². The van der Waals surface area contributed by atoms with Crippen molar-refractivity contribution in [1.29, 1.82) is 0 Å². The van der Waals surface area contributed by atoms with Crippen molar-refractivity contribution in [2.45, 2.75) is 45.3 Å². The smallest absolute Gasteiger partial charge is 0.321 e. The van der Waals surface area contributed by atoms with E-state index < -0.39 is 6.03 Å². The molecule has 0 spiro atoms. The van der Waals surface area contributed by atoms with E-state index in [2.05, 4.69) is 20.8 Å². The van der Waals surface area contributed by atoms with E-state index in [1.165, 1.54) is 11.8 Å². The first-order valence-corrected chi connectivity index (χ1v) is 9.75. The number of rotatable bonds is 8. The fraction of sp³-hybridized carbons (Fsp3) is 0.444. The summed E-state index contributed by atoms with van der Waals surface area (Å²) >= 11 is 1.27. The quantitative estimate of drug-likeness (QED) is 0.547. The van der Waals surface area contributed by atoms with Gasteiger partial charge in [-0.3, -0.25) is 10.1 Å². The second kappa shape index (κ2) is 9.96. The number of amides is 3. The largest absolute Gasteiger partial charge is 0.338 e. The van der Waals surface area contributed by atoms with Crippen molar-refractivity contribution in [3.8, 4) is 11.4 Å². The molecule has 3 amide bonds. The third kappa shape index (κ3) is 5.32. The number of imide groups is 1. The number of aromatic nitrogens is 3. The zero-order chi connectivity index (χ0) is 18.9. The molecule has 2 rings (SSSR count). The lowest BCUT2D eigenvalue weighted by molar-refractivity contribution is -0.117. The SMILES string of the molecule is CCCCNC(=O)NC(=O)CSc1nnc(-c2ccccc2C)n1CC. The van der Waals surface area contributed by atoms with Crippen LogP contribution in [0.3, 0.4) is 0 Å². The van der Waals surface area contributed by atoms with Crippen LogP contribution in [0.5, 0.6) is 0 Å². The molecule has 0 aliphatic carbocycles. The number of carbonyl (C=O) groups excluding carboxylic acids is 2. The number of thioether (sulfide) groups is 1. The van der Waals surface area contributed by atoms with Gasteiger partial charge in [0.25, 0.3) is 0 Å². The minimum absolute atomic E-state index is 0.104. The first-order valence-electron chi connectivity index (χ1n) is 8.76. The number of benzene rings is 1. The summed E-state index contributed by atoms with van der Waals surface area (Å²) in [5.74, 6) is 0.533. The highest BCUT2D eigenvalue weighted by Gasteiger charge is 2.16. The van der Waals surface area contributed by atoms with Crippen LogP contribution in [0.25, 0.3) is 11.4 Å². The first kappa shape index (κ1) is 20.0. The van der Waals surface area contributed by atoms with Gasteiger partial charge in [-0.15, -0.1) is 10.2 Å². The molecule has 0 atom stereocenters. The van der Waals surface area contributed by atoms with Crippen molar-refractivity contribution in [2.75, 3.05) is 12.3 Å². The zero-order valence-corrected chi connectivity index (χ0v) is 16.2. The molecule has 0 aliphatic rings. The Labute approximate surface area is 158 Å². The van der Waals surface area contributed by atoms with E-state index in [1.807, 2.05) is 49.6 Å². The Morgan fingerprint density at radius 1 is 1.19 bits per heavy atom. The fourth-order valence-electron chi connectivity index (χ4n) is 2.42. The van der Waals surface area contributed by atoms with Gasteiger partial charge < -0.3 is 9.88 Å². The summed E-state index contributed by atoms with van der Waals surface area (Å²) in [6, 6.07) is 7.53. The highest BCUT2D eigenvalue weighted by Crippen LogP contribution is 2.25. The highest BCUT2D eigenvalue weighted by atomic mass is 32.2. The van der Waals surface area contributed by atoms with Gasteiger partial charge >= 0.3 is 6.03 Å². The van der Waals surface area contributed by atoms with Crippen LogP contribution in [-0.4, -0.2) is 39.0 Å². The molecule has 26 heavy (non-hydrogen) atoms. The summed E-state index contributed by atoms with van der Waals surface area (Å²) in [5, 5.41) is 14.1. The average molecular weight is 375 g/mol. The Morgan fingerprint density at radius 3 is 2.65 bits per heavy atom. The standard InChI is InChI=1S/C18H25N5O2S/c1-4-6-11-19-17(25)20-15(24)12-26-18-22-21-16(23(18)5-2)14-10-8-7-9-13(14)3/h7-10H,4-6,11-12H2,1-3H3,(H2,19,20,24,25). The predicted octanol–water partition coefficient (Wildman–Crippen LogP) is 2.99. The van der Waals surface area contributed by atoms with Gasteiger partial charge in [0.05, 0.1) is 5.75 Å². The molecule has 2 N–H and O–H groups in total. The molecular formula is C18H25N5O2S. The van der Waals surface area contributed by atoms with Gasteiger partial charge in [0.1, 0.15) is 0 Å². The number of carbonyl (C=O) groups is 2. The van der Waals surface area contributed by atoms with Gasteiger partial charge in [-0.1, -0.05) is 49.4 Å². The molecule has 1 heterocycles. The molecule has 2 aromatic rings. The molecule has 0 saturated carbocycles. The lowest BCUT2D eigenvalue weighted by Gasteiger charge is -2.09. The van der Waals surface area contributed by atoms with E-state index in [4.69, 9.17) is 0 Å². The topological polar surface area (TPSA) is 88.9 Å². The lowest BCUT2D eigenvalue weighted by Crippen LogP contribution is -2.40. The van der Waals surface area contributed by atoms with Crippen LogP contribution in [-0.2, 0) is 11.3 Å². The first-order chi connectivity index (χ1) is 12.6. The van der Waals surface area contributed by atoms with Crippen molar-refractivity contribution in [3.05, 3.63) is 29.8 Å². The number of hydrogen-bond acceptors (Lipinski definition) is 5. The maximum atomic E-state index is 11.9. The molecule has 8 heteroatoms. The van der Waals surface area contributed by atoms with Gasteiger partial charge in [-0.05, 0) is 25.8 Å². The minimum atomic E-state index is -0.457. The van der Waals surface area contributed by atoms with Gasteiger partial charge in [0.15, 0.2) is 11.0 Å². The Morgan fingerprint density at radius 2 is 1.96 bits per heavy atom. The summed E-state index contributed by atoms with van der Waals surface area (Å²) in [7, 11) is 0. The summed E-state index contributed by atoms with van der Waals surface area (Å²) in [6.07, 6.45) is 1.87. The number of hydrogen-bond donors (Lipinski definition) is 2. The van der Waals surface area contributed by atoms with E-state index in [-0.39, 0.29) is 11.7 Å². The van der Waals surface area contributed by atoms with Crippen molar-refractivity contribution in [2.24, 2.45) is 0 Å². The minimum Gasteiger partial charge on any atom is -0.338 e. The van der Waals surface area contributed by atoms with Crippen LogP contribution in [0.15, 0.2) is 29.4 Å². The van der Waals surface area contributed by atoms with Crippen LogP contribution in [0, 0.1) is 6.92 Å². The fourth-order valence-corrected chi connectivity index (χ4v) is 3.22. The van der Waals surface area contributed by atoms with Gasteiger partial charge in [0.2, 0.25) is 5.91 Å². The van der Waals surface area contributed by atoms with Crippen LogP contribution in [0.1, 0.15) is 32.3 Å². The van der Waals surface area contributed by atoms with E-state index in [1.54, 1.807) is 0 Å². The normalized spacial score (nSPS) is 10.6. The summed E-state index contributed by atoms with van der Waals surface area (Å²) < 4.78 is 1.97. The number of aryl methyl sites for hydroxylation is 1. The molecule has 0 fully saturated rings. The third-order valence-electron chi connectivity index (χ3n) is 3.82. The molecule has 1 aromatic carbocycles. The number of unbranched alkanes of at least 4 members (excludes halogenated alkanes) is 1. The molecule has 7 nitrogen and oxygen atoms in total. The number of nitrogens with one attached hydrogen (secondary N) is 2. The molecule has 0 radical (unpaired) electrons. The van der Waals surface area contributed by atoms with Crippen LogP contribution in [0.4, 0.5) is 4.79 Å². The third-order valence-corrected chi connectivity index (χ3v) is 4.79. The predicted molar refractivity (Wildman–Crippen MR) is 103 cm³/mol. The molecule has 0 bridgehead atoms.